The van der Waals surface area contributed by atoms with E-state index in [1.807, 2.05) is 12.1 Å². The number of rotatable bonds is 4. The number of hydrogen-bond acceptors (Lipinski definition) is 3. The number of ether oxygens (including phenoxy) is 1. The van der Waals surface area contributed by atoms with Crippen LogP contribution in [0, 0.1) is 5.92 Å². The van der Waals surface area contributed by atoms with Gasteiger partial charge in [-0.1, -0.05) is 17.7 Å². The Morgan fingerprint density at radius 2 is 2.11 bits per heavy atom. The zero-order valence-electron chi connectivity index (χ0n) is 10.9. The van der Waals surface area contributed by atoms with E-state index < -0.39 is 0 Å². The highest BCUT2D eigenvalue weighted by atomic mass is 35.5. The van der Waals surface area contributed by atoms with Crippen molar-refractivity contribution in [2.24, 2.45) is 11.7 Å². The Morgan fingerprint density at radius 1 is 1.39 bits per heavy atom. The molecule has 0 unspecified atom stereocenters. The smallest absolute Gasteiger partial charge is 0.0471 e. The maximum atomic E-state index is 6.19. The van der Waals surface area contributed by atoms with Crippen molar-refractivity contribution < 1.29 is 4.74 Å². The SMILES string of the molecule is CN(CC1CCOCC1)c1cccc(Cl)c1CN. The molecule has 2 rings (SSSR count). The molecule has 1 saturated heterocycles. The van der Waals surface area contributed by atoms with E-state index in [0.29, 0.717) is 12.5 Å². The van der Waals surface area contributed by atoms with Crippen LogP contribution in [0.25, 0.3) is 0 Å². The molecule has 18 heavy (non-hydrogen) atoms. The van der Waals surface area contributed by atoms with Gasteiger partial charge in [0.15, 0.2) is 0 Å². The monoisotopic (exact) mass is 268 g/mol. The van der Waals surface area contributed by atoms with Gasteiger partial charge in [0.2, 0.25) is 0 Å². The average molecular weight is 269 g/mol. The number of nitrogens with two attached hydrogens (primary N) is 1. The third-order valence-electron chi connectivity index (χ3n) is 3.58. The quantitative estimate of drug-likeness (QED) is 0.912. The zero-order valence-corrected chi connectivity index (χ0v) is 11.6. The van der Waals surface area contributed by atoms with Crippen molar-refractivity contribution in [3.8, 4) is 0 Å². The molecule has 1 aliphatic heterocycles. The summed E-state index contributed by atoms with van der Waals surface area (Å²) < 4.78 is 5.39. The molecular weight excluding hydrogens is 248 g/mol. The highest BCUT2D eigenvalue weighted by molar-refractivity contribution is 6.31. The zero-order chi connectivity index (χ0) is 13.0. The molecule has 1 aromatic carbocycles. The first-order valence-corrected chi connectivity index (χ1v) is 6.86. The highest BCUT2D eigenvalue weighted by Gasteiger charge is 2.17. The molecule has 0 bridgehead atoms. The second-order valence-electron chi connectivity index (χ2n) is 4.88. The van der Waals surface area contributed by atoms with Gasteiger partial charge in [-0.05, 0) is 30.9 Å². The lowest BCUT2D eigenvalue weighted by atomic mass is 9.99. The van der Waals surface area contributed by atoms with E-state index in [4.69, 9.17) is 22.1 Å². The van der Waals surface area contributed by atoms with Crippen LogP contribution in [0.3, 0.4) is 0 Å². The Hall–Kier alpha value is -0.770. The van der Waals surface area contributed by atoms with E-state index in [-0.39, 0.29) is 0 Å². The van der Waals surface area contributed by atoms with Gasteiger partial charge in [-0.2, -0.15) is 0 Å². The minimum atomic E-state index is 0.479. The summed E-state index contributed by atoms with van der Waals surface area (Å²) in [5.74, 6) is 0.702. The summed E-state index contributed by atoms with van der Waals surface area (Å²) in [7, 11) is 2.11. The summed E-state index contributed by atoms with van der Waals surface area (Å²) in [6.07, 6.45) is 2.28. The molecule has 0 radical (unpaired) electrons. The standard InChI is InChI=1S/C14H21ClN2O/c1-17(10-11-5-7-18-8-6-11)14-4-2-3-13(15)12(14)9-16/h2-4,11H,5-10,16H2,1H3. The molecule has 4 heteroatoms. The van der Waals surface area contributed by atoms with Crippen LogP contribution in [0.4, 0.5) is 5.69 Å². The lowest BCUT2D eigenvalue weighted by molar-refractivity contribution is 0.0685. The summed E-state index contributed by atoms with van der Waals surface area (Å²) in [6.45, 7) is 3.29. The summed E-state index contributed by atoms with van der Waals surface area (Å²) in [4.78, 5) is 2.27. The summed E-state index contributed by atoms with van der Waals surface area (Å²) in [5, 5.41) is 0.758. The van der Waals surface area contributed by atoms with Crippen molar-refractivity contribution in [2.75, 3.05) is 31.7 Å². The van der Waals surface area contributed by atoms with Crippen LogP contribution in [0.5, 0.6) is 0 Å². The molecule has 1 heterocycles. The van der Waals surface area contributed by atoms with Crippen molar-refractivity contribution >= 4 is 17.3 Å². The van der Waals surface area contributed by atoms with E-state index in [0.717, 1.165) is 48.9 Å². The van der Waals surface area contributed by atoms with Gasteiger partial charge < -0.3 is 15.4 Å². The van der Waals surface area contributed by atoms with Crippen LogP contribution in [0.2, 0.25) is 5.02 Å². The molecule has 0 atom stereocenters. The molecule has 0 spiro atoms. The van der Waals surface area contributed by atoms with Crippen LogP contribution in [-0.2, 0) is 11.3 Å². The van der Waals surface area contributed by atoms with Crippen LogP contribution in [0.1, 0.15) is 18.4 Å². The summed E-state index contributed by atoms with van der Waals surface area (Å²) in [5.41, 5.74) is 7.98. The maximum Gasteiger partial charge on any atom is 0.0471 e. The topological polar surface area (TPSA) is 38.5 Å². The van der Waals surface area contributed by atoms with Gasteiger partial charge in [-0.25, -0.2) is 0 Å². The Morgan fingerprint density at radius 3 is 2.78 bits per heavy atom. The predicted octanol–water partition coefficient (Wildman–Crippen LogP) is 2.66. The molecule has 0 aliphatic carbocycles. The molecule has 1 aliphatic rings. The largest absolute Gasteiger partial charge is 0.381 e. The van der Waals surface area contributed by atoms with Gasteiger partial charge in [0.25, 0.3) is 0 Å². The number of halogens is 1. The highest BCUT2D eigenvalue weighted by Crippen LogP contribution is 2.28. The first-order valence-electron chi connectivity index (χ1n) is 6.48. The van der Waals surface area contributed by atoms with E-state index in [1.54, 1.807) is 0 Å². The van der Waals surface area contributed by atoms with Gasteiger partial charge in [0, 0.05) is 49.6 Å². The normalized spacial score (nSPS) is 16.8. The van der Waals surface area contributed by atoms with E-state index in [2.05, 4.69) is 18.0 Å². The molecule has 1 aromatic rings. The Bertz CT molecular complexity index is 391. The summed E-state index contributed by atoms with van der Waals surface area (Å²) >= 11 is 6.19. The first-order chi connectivity index (χ1) is 8.72. The minimum Gasteiger partial charge on any atom is -0.381 e. The number of nitrogens with zero attached hydrogens (tertiary/aromatic N) is 1. The van der Waals surface area contributed by atoms with Crippen LogP contribution in [-0.4, -0.2) is 26.8 Å². The van der Waals surface area contributed by atoms with Gasteiger partial charge in [0.05, 0.1) is 0 Å². The molecule has 3 nitrogen and oxygen atoms in total. The van der Waals surface area contributed by atoms with Crippen molar-refractivity contribution in [3.05, 3.63) is 28.8 Å². The van der Waals surface area contributed by atoms with E-state index in [9.17, 15) is 0 Å². The summed E-state index contributed by atoms with van der Waals surface area (Å²) in [6, 6.07) is 5.97. The van der Waals surface area contributed by atoms with Gasteiger partial charge >= 0.3 is 0 Å². The van der Waals surface area contributed by atoms with E-state index in [1.165, 1.54) is 0 Å². The lowest BCUT2D eigenvalue weighted by Crippen LogP contribution is -2.30. The second-order valence-corrected chi connectivity index (χ2v) is 5.29. The fourth-order valence-electron chi connectivity index (χ4n) is 2.52. The van der Waals surface area contributed by atoms with Gasteiger partial charge in [0.1, 0.15) is 0 Å². The molecule has 0 amide bonds. The fourth-order valence-corrected chi connectivity index (χ4v) is 2.77. The lowest BCUT2D eigenvalue weighted by Gasteiger charge is -2.29. The molecule has 2 N–H and O–H groups in total. The fraction of sp³-hybridized carbons (Fsp3) is 0.571. The Kier molecular flexibility index (Phi) is 4.87. The predicted molar refractivity (Wildman–Crippen MR) is 76.2 cm³/mol. The Balaban J connectivity index is 2.07. The minimum absolute atomic E-state index is 0.479. The molecule has 100 valence electrons. The van der Waals surface area contributed by atoms with Gasteiger partial charge in [-0.3, -0.25) is 0 Å². The third-order valence-corrected chi connectivity index (χ3v) is 3.94. The van der Waals surface area contributed by atoms with Crippen molar-refractivity contribution in [1.29, 1.82) is 0 Å². The van der Waals surface area contributed by atoms with Crippen LogP contribution in [0.15, 0.2) is 18.2 Å². The number of anilines is 1. The van der Waals surface area contributed by atoms with Crippen LogP contribution >= 0.6 is 11.6 Å². The Labute approximate surface area is 114 Å². The first kappa shape index (κ1) is 13.7. The van der Waals surface area contributed by atoms with Gasteiger partial charge in [-0.15, -0.1) is 0 Å². The van der Waals surface area contributed by atoms with Crippen LogP contribution < -0.4 is 10.6 Å². The number of benzene rings is 1. The van der Waals surface area contributed by atoms with Crippen molar-refractivity contribution in [1.82, 2.24) is 0 Å². The molecule has 0 aromatic heterocycles. The maximum absolute atomic E-state index is 6.19. The van der Waals surface area contributed by atoms with Crippen molar-refractivity contribution in [2.45, 2.75) is 19.4 Å². The molecule has 0 saturated carbocycles. The van der Waals surface area contributed by atoms with E-state index >= 15 is 0 Å². The van der Waals surface area contributed by atoms with Crippen molar-refractivity contribution in [3.63, 3.8) is 0 Å². The second kappa shape index (κ2) is 6.41. The molecule has 1 fully saturated rings. The third kappa shape index (κ3) is 3.16. The number of hydrogen-bond donors (Lipinski definition) is 1. The average Bonchev–Trinajstić information content (AvgIpc) is 2.39. The molecular formula is C14H21ClN2O.